The number of rotatable bonds is 5. The van der Waals surface area contributed by atoms with Crippen molar-refractivity contribution in [2.45, 2.75) is 31.5 Å². The number of aliphatic hydroxyl groups is 2. The quantitative estimate of drug-likeness (QED) is 0.329. The fourth-order valence-corrected chi connectivity index (χ4v) is 2.38. The molecule has 0 unspecified atom stereocenters. The number of phosphoric ester groups is 1. The molecule has 3 N–H and O–H groups in total. The summed E-state index contributed by atoms with van der Waals surface area (Å²) in [6.07, 6.45) is -2.32. The maximum Gasteiger partial charge on any atom is 1.00 e. The molecule has 14 heteroatoms. The number of aromatic nitrogens is 2. The van der Waals surface area contributed by atoms with Crippen molar-refractivity contribution in [2.75, 3.05) is 6.61 Å². The van der Waals surface area contributed by atoms with Crippen molar-refractivity contribution in [1.82, 2.24) is 9.55 Å². The van der Waals surface area contributed by atoms with Crippen LogP contribution in [-0.4, -0.2) is 38.6 Å². The molecule has 24 heavy (non-hydrogen) atoms. The molecule has 0 saturated carbocycles. The second-order valence-corrected chi connectivity index (χ2v) is 5.81. The van der Waals surface area contributed by atoms with Crippen molar-refractivity contribution in [3.8, 4) is 0 Å². The van der Waals surface area contributed by atoms with Gasteiger partial charge in [0.25, 0.3) is 5.56 Å². The first-order valence-electron chi connectivity index (χ1n) is 6.16. The van der Waals surface area contributed by atoms with Gasteiger partial charge >= 0.3 is 64.8 Å². The van der Waals surface area contributed by atoms with Crippen LogP contribution < -0.4 is 80.2 Å². The van der Waals surface area contributed by atoms with Gasteiger partial charge in [0.1, 0.15) is 12.3 Å². The second-order valence-electron chi connectivity index (χ2n) is 4.65. The molecule has 11 nitrogen and oxygen atoms in total. The number of H-pyrrole nitrogens is 1. The molecule has 2 rings (SSSR count). The van der Waals surface area contributed by atoms with Gasteiger partial charge in [-0.05, 0) is 0 Å². The zero-order valence-corrected chi connectivity index (χ0v) is 18.0. The Hall–Kier alpha value is 0.670. The van der Waals surface area contributed by atoms with Crippen LogP contribution in [0.15, 0.2) is 15.8 Å². The fraction of sp³-hybridized carbons (Fsp3) is 0.600. The topological polar surface area (TPSA) is 177 Å². The summed E-state index contributed by atoms with van der Waals surface area (Å²) in [5, 5.41) is 18.8. The van der Waals surface area contributed by atoms with E-state index in [1.807, 2.05) is 4.98 Å². The molecule has 124 valence electrons. The minimum atomic E-state index is -5.21. The van der Waals surface area contributed by atoms with Crippen LogP contribution in [0.2, 0.25) is 0 Å². The zero-order chi connectivity index (χ0) is 16.5. The Balaban J connectivity index is 0.00000264. The van der Waals surface area contributed by atoms with E-state index in [0.717, 1.165) is 10.8 Å². The standard InChI is InChI=1S/C10H15N2O9P.2Na/c13-3-5-2-12(10(16)11-9(5)15)8-1-6(14)7(21-8)4-20-22(17,18)19;;/h2,6-8,13-14H,1,3-4H2,(H,11,15,16)(H2,17,18,19);;/q;2*+1/p-2/t6-,7+,8+;;/m0../s1. The average Bonchev–Trinajstić information content (AvgIpc) is 2.77. The van der Waals surface area contributed by atoms with E-state index in [2.05, 4.69) is 4.52 Å². The Kier molecular flexibility index (Phi) is 10.4. The second kappa shape index (κ2) is 10.1. The van der Waals surface area contributed by atoms with Crippen LogP contribution in [0.25, 0.3) is 0 Å². The number of hydrogen-bond donors (Lipinski definition) is 3. The van der Waals surface area contributed by atoms with Crippen molar-refractivity contribution in [2.24, 2.45) is 0 Å². The number of aromatic amines is 1. The van der Waals surface area contributed by atoms with E-state index in [4.69, 9.17) is 9.84 Å². The Morgan fingerprint density at radius 2 is 2.04 bits per heavy atom. The molecule has 0 radical (unpaired) electrons. The molecule has 0 aromatic carbocycles. The third kappa shape index (κ3) is 6.44. The van der Waals surface area contributed by atoms with E-state index < -0.39 is 50.7 Å². The first kappa shape index (κ1) is 24.7. The third-order valence-corrected chi connectivity index (χ3v) is 3.59. The Morgan fingerprint density at radius 3 is 2.58 bits per heavy atom. The summed E-state index contributed by atoms with van der Waals surface area (Å²) in [6, 6.07) is 0. The normalized spacial score (nSPS) is 23.4. The Bertz CT molecular complexity index is 702. The molecule has 1 aromatic heterocycles. The number of ether oxygens (including phenoxy) is 1. The van der Waals surface area contributed by atoms with E-state index in [-0.39, 0.29) is 71.1 Å². The number of hydrogen-bond acceptors (Lipinski definition) is 9. The predicted molar refractivity (Wildman–Crippen MR) is 65.3 cm³/mol. The fourth-order valence-electron chi connectivity index (χ4n) is 2.05. The van der Waals surface area contributed by atoms with Crippen LogP contribution in [0.1, 0.15) is 18.2 Å². The molecule has 1 saturated heterocycles. The molecule has 0 aliphatic carbocycles. The van der Waals surface area contributed by atoms with Gasteiger partial charge in [0.15, 0.2) is 0 Å². The largest absolute Gasteiger partial charge is 1.00 e. The predicted octanol–water partition coefficient (Wildman–Crippen LogP) is -9.47. The van der Waals surface area contributed by atoms with Gasteiger partial charge in [0.05, 0.1) is 32.7 Å². The molecule has 0 amide bonds. The van der Waals surface area contributed by atoms with Gasteiger partial charge in [-0.2, -0.15) is 0 Å². The van der Waals surface area contributed by atoms with Crippen molar-refractivity contribution >= 4 is 7.82 Å². The van der Waals surface area contributed by atoms with Crippen molar-refractivity contribution in [1.29, 1.82) is 0 Å². The van der Waals surface area contributed by atoms with E-state index in [1.54, 1.807) is 0 Å². The summed E-state index contributed by atoms with van der Waals surface area (Å²) in [7, 11) is -5.21. The first-order chi connectivity index (χ1) is 10.2. The van der Waals surface area contributed by atoms with Gasteiger partial charge in [-0.3, -0.25) is 14.3 Å². The van der Waals surface area contributed by atoms with Gasteiger partial charge in [0, 0.05) is 12.6 Å². The molecule has 1 aliphatic rings. The summed E-state index contributed by atoms with van der Waals surface area (Å²) in [5.74, 6) is 0. The Morgan fingerprint density at radius 1 is 1.42 bits per heavy atom. The van der Waals surface area contributed by atoms with E-state index >= 15 is 0 Å². The number of nitrogens with zero attached hydrogens (tertiary/aromatic N) is 1. The minimum absolute atomic E-state index is 0. The van der Waals surface area contributed by atoms with Crippen LogP contribution in [0.3, 0.4) is 0 Å². The summed E-state index contributed by atoms with van der Waals surface area (Å²) < 4.78 is 20.7. The van der Waals surface area contributed by atoms with Crippen LogP contribution in [0.5, 0.6) is 0 Å². The molecule has 0 spiro atoms. The van der Waals surface area contributed by atoms with Crippen molar-refractivity contribution in [3.05, 3.63) is 32.6 Å². The molecule has 1 fully saturated rings. The van der Waals surface area contributed by atoms with Gasteiger partial charge in [0.2, 0.25) is 0 Å². The maximum absolute atomic E-state index is 11.7. The van der Waals surface area contributed by atoms with Crippen LogP contribution in [0, 0.1) is 0 Å². The summed E-state index contributed by atoms with van der Waals surface area (Å²) in [4.78, 5) is 45.9. The van der Waals surface area contributed by atoms with E-state index in [1.165, 1.54) is 0 Å². The summed E-state index contributed by atoms with van der Waals surface area (Å²) in [5.41, 5.74) is -1.65. The van der Waals surface area contributed by atoms with Gasteiger partial charge in [-0.15, -0.1) is 0 Å². The van der Waals surface area contributed by atoms with Crippen LogP contribution in [-0.2, 0) is 20.4 Å². The molecular formula is C10H13N2Na2O9P. The average molecular weight is 382 g/mol. The minimum Gasteiger partial charge on any atom is -0.790 e. The molecule has 2 heterocycles. The molecule has 3 atom stereocenters. The van der Waals surface area contributed by atoms with Gasteiger partial charge in [-0.1, -0.05) is 0 Å². The first-order valence-corrected chi connectivity index (χ1v) is 7.62. The summed E-state index contributed by atoms with van der Waals surface area (Å²) in [6.45, 7) is -1.29. The monoisotopic (exact) mass is 382 g/mol. The Labute approximate surface area is 179 Å². The number of nitrogens with one attached hydrogen (secondary N) is 1. The third-order valence-electron chi connectivity index (χ3n) is 3.12. The zero-order valence-electron chi connectivity index (χ0n) is 13.1. The maximum atomic E-state index is 11.7. The van der Waals surface area contributed by atoms with Crippen LogP contribution in [0.4, 0.5) is 0 Å². The van der Waals surface area contributed by atoms with E-state index in [9.17, 15) is 29.0 Å². The van der Waals surface area contributed by atoms with Crippen LogP contribution >= 0.6 is 7.82 Å². The SMILES string of the molecule is O=c1[nH]c(=O)n([C@H]2C[C@H](O)[C@@H](COP(=O)([O-])[O-])O2)cc1CO.[Na+].[Na+]. The van der Waals surface area contributed by atoms with Gasteiger partial charge < -0.3 is 33.8 Å². The smallest absolute Gasteiger partial charge is 0.790 e. The molecule has 1 aromatic rings. The molecule has 1 aliphatic heterocycles. The van der Waals surface area contributed by atoms with E-state index in [0.29, 0.717) is 0 Å². The summed E-state index contributed by atoms with van der Waals surface area (Å²) >= 11 is 0. The van der Waals surface area contributed by atoms with Crippen molar-refractivity contribution < 1.29 is 92.9 Å². The number of phosphoric acid groups is 1. The number of aliphatic hydroxyl groups excluding tert-OH is 2. The molecular weight excluding hydrogens is 369 g/mol. The molecule has 0 bridgehead atoms. The van der Waals surface area contributed by atoms with Crippen molar-refractivity contribution in [3.63, 3.8) is 0 Å². The van der Waals surface area contributed by atoms with Gasteiger partial charge in [-0.25, -0.2) is 4.79 Å².